The lowest BCUT2D eigenvalue weighted by atomic mass is 10.2. The molecular weight excluding hydrogens is 264 g/mol. The van der Waals surface area contributed by atoms with Crippen LogP contribution in [0.4, 0.5) is 5.69 Å². The Morgan fingerprint density at radius 1 is 1.42 bits per heavy atom. The minimum absolute atomic E-state index is 0.111. The van der Waals surface area contributed by atoms with Crippen molar-refractivity contribution in [3.05, 3.63) is 18.2 Å². The number of nitrogen functional groups attached to an aromatic ring is 1. The van der Waals surface area contributed by atoms with Crippen molar-refractivity contribution in [2.24, 2.45) is 5.92 Å². The lowest BCUT2D eigenvalue weighted by molar-refractivity contribution is 0.414. The lowest BCUT2D eigenvalue weighted by Gasteiger charge is -2.10. The molecule has 0 aliphatic heterocycles. The van der Waals surface area contributed by atoms with E-state index in [-0.39, 0.29) is 10.6 Å². The summed E-state index contributed by atoms with van der Waals surface area (Å²) in [5, 5.41) is 0. The normalized spacial score (nSPS) is 15.4. The van der Waals surface area contributed by atoms with Crippen LogP contribution in [-0.2, 0) is 10.0 Å². The van der Waals surface area contributed by atoms with Crippen LogP contribution in [0, 0.1) is 5.92 Å². The van der Waals surface area contributed by atoms with Gasteiger partial charge in [0.25, 0.3) is 0 Å². The number of nitrogens with one attached hydrogen (secondary N) is 1. The molecule has 2 rings (SSSR count). The maximum absolute atomic E-state index is 12.1. The fourth-order valence-corrected chi connectivity index (χ4v) is 3.16. The molecule has 0 heterocycles. The first-order valence-electron chi connectivity index (χ1n) is 6.46. The van der Waals surface area contributed by atoms with Gasteiger partial charge in [0.2, 0.25) is 10.0 Å². The average Bonchev–Trinajstić information content (AvgIpc) is 3.18. The Kier molecular flexibility index (Phi) is 4.31. The van der Waals surface area contributed by atoms with Gasteiger partial charge in [0, 0.05) is 12.6 Å². The SMILES string of the molecule is COc1ccc(S(=O)(=O)NCCCC2CC2)c(N)c1. The molecule has 1 aliphatic rings. The number of methoxy groups -OCH3 is 1. The van der Waals surface area contributed by atoms with Crippen molar-refractivity contribution in [3.8, 4) is 5.75 Å². The van der Waals surface area contributed by atoms with E-state index in [2.05, 4.69) is 4.72 Å². The Balaban J connectivity index is 1.97. The number of benzene rings is 1. The monoisotopic (exact) mass is 284 g/mol. The van der Waals surface area contributed by atoms with Gasteiger partial charge in [0.05, 0.1) is 12.8 Å². The molecule has 0 saturated heterocycles. The summed E-state index contributed by atoms with van der Waals surface area (Å²) in [6.07, 6.45) is 4.55. The Labute approximate surface area is 114 Å². The van der Waals surface area contributed by atoms with E-state index in [1.54, 1.807) is 6.07 Å². The Hall–Kier alpha value is -1.27. The molecule has 1 aliphatic carbocycles. The average molecular weight is 284 g/mol. The highest BCUT2D eigenvalue weighted by atomic mass is 32.2. The Morgan fingerprint density at radius 3 is 2.74 bits per heavy atom. The van der Waals surface area contributed by atoms with Gasteiger partial charge < -0.3 is 10.5 Å². The van der Waals surface area contributed by atoms with Gasteiger partial charge >= 0.3 is 0 Å². The molecule has 0 unspecified atom stereocenters. The second-order valence-corrected chi connectivity index (χ2v) is 6.62. The minimum atomic E-state index is -3.52. The summed E-state index contributed by atoms with van der Waals surface area (Å²) >= 11 is 0. The molecule has 0 aromatic heterocycles. The highest BCUT2D eigenvalue weighted by molar-refractivity contribution is 7.89. The summed E-state index contributed by atoms with van der Waals surface area (Å²) in [7, 11) is -2.01. The smallest absolute Gasteiger partial charge is 0.242 e. The molecule has 1 aromatic carbocycles. The van der Waals surface area contributed by atoms with Gasteiger partial charge in [-0.05, 0) is 30.9 Å². The largest absolute Gasteiger partial charge is 0.497 e. The summed E-state index contributed by atoms with van der Waals surface area (Å²) in [5.41, 5.74) is 5.95. The third-order valence-corrected chi connectivity index (χ3v) is 4.82. The van der Waals surface area contributed by atoms with Gasteiger partial charge in [-0.15, -0.1) is 0 Å². The summed E-state index contributed by atoms with van der Waals surface area (Å²) in [4.78, 5) is 0.111. The Bertz CT molecular complexity index is 539. The maximum Gasteiger partial charge on any atom is 0.242 e. The van der Waals surface area contributed by atoms with E-state index in [0.717, 1.165) is 18.8 Å². The third kappa shape index (κ3) is 3.84. The fraction of sp³-hybridized carbons (Fsp3) is 0.538. The van der Waals surface area contributed by atoms with Crippen molar-refractivity contribution in [2.45, 2.75) is 30.6 Å². The molecule has 1 fully saturated rings. The predicted octanol–water partition coefficient (Wildman–Crippen LogP) is 1.75. The molecule has 0 amide bonds. The van der Waals surface area contributed by atoms with Crippen molar-refractivity contribution in [3.63, 3.8) is 0 Å². The van der Waals surface area contributed by atoms with Gasteiger partial charge in [0.1, 0.15) is 10.6 Å². The summed E-state index contributed by atoms with van der Waals surface area (Å²) in [6.45, 7) is 0.463. The topological polar surface area (TPSA) is 81.4 Å². The van der Waals surface area contributed by atoms with E-state index in [0.29, 0.717) is 12.3 Å². The van der Waals surface area contributed by atoms with Crippen molar-refractivity contribution in [2.75, 3.05) is 19.4 Å². The molecular formula is C13H20N2O3S. The quantitative estimate of drug-likeness (QED) is 0.590. The Morgan fingerprint density at radius 2 is 2.16 bits per heavy atom. The van der Waals surface area contributed by atoms with Crippen LogP contribution in [-0.4, -0.2) is 22.1 Å². The van der Waals surface area contributed by atoms with Crippen molar-refractivity contribution in [1.29, 1.82) is 0 Å². The van der Waals surface area contributed by atoms with E-state index in [1.807, 2.05) is 0 Å². The van der Waals surface area contributed by atoms with Gasteiger partial charge in [-0.1, -0.05) is 12.8 Å². The van der Waals surface area contributed by atoms with E-state index in [9.17, 15) is 8.42 Å². The molecule has 0 spiro atoms. The molecule has 0 atom stereocenters. The standard InChI is InChI=1S/C13H20N2O3S/c1-18-11-6-7-13(12(14)9-11)19(16,17)15-8-2-3-10-4-5-10/h6-7,9-10,15H,2-5,8,14H2,1H3. The van der Waals surface area contributed by atoms with Crippen LogP contribution >= 0.6 is 0 Å². The third-order valence-electron chi connectivity index (χ3n) is 3.28. The first kappa shape index (κ1) is 14.1. The fourth-order valence-electron chi connectivity index (χ4n) is 1.98. The van der Waals surface area contributed by atoms with Crippen molar-refractivity contribution in [1.82, 2.24) is 4.72 Å². The van der Waals surface area contributed by atoms with Crippen LogP contribution in [0.25, 0.3) is 0 Å². The first-order chi connectivity index (χ1) is 9.03. The van der Waals surface area contributed by atoms with Crippen molar-refractivity contribution < 1.29 is 13.2 Å². The number of rotatable bonds is 7. The zero-order valence-corrected chi connectivity index (χ0v) is 11.9. The number of hydrogen-bond donors (Lipinski definition) is 2. The number of hydrogen-bond acceptors (Lipinski definition) is 4. The number of ether oxygens (including phenoxy) is 1. The second kappa shape index (κ2) is 5.79. The van der Waals surface area contributed by atoms with E-state index >= 15 is 0 Å². The zero-order chi connectivity index (χ0) is 13.9. The summed E-state index contributed by atoms with van der Waals surface area (Å²) < 4.78 is 31.7. The zero-order valence-electron chi connectivity index (χ0n) is 11.1. The molecule has 0 bridgehead atoms. The van der Waals surface area contributed by atoms with E-state index < -0.39 is 10.0 Å². The number of sulfonamides is 1. The van der Waals surface area contributed by atoms with E-state index in [4.69, 9.17) is 10.5 Å². The highest BCUT2D eigenvalue weighted by Crippen LogP contribution is 2.33. The van der Waals surface area contributed by atoms with Gasteiger partial charge in [-0.25, -0.2) is 13.1 Å². The summed E-state index contributed by atoms with van der Waals surface area (Å²) in [6, 6.07) is 4.57. The molecule has 6 heteroatoms. The predicted molar refractivity (Wildman–Crippen MR) is 74.6 cm³/mol. The van der Waals surface area contributed by atoms with Gasteiger partial charge in [-0.3, -0.25) is 0 Å². The number of nitrogens with two attached hydrogens (primary N) is 1. The maximum atomic E-state index is 12.1. The van der Waals surface area contributed by atoms with Crippen molar-refractivity contribution >= 4 is 15.7 Å². The van der Waals surface area contributed by atoms with E-state index in [1.165, 1.54) is 32.1 Å². The molecule has 1 aromatic rings. The van der Waals surface area contributed by atoms with Gasteiger partial charge in [0.15, 0.2) is 0 Å². The van der Waals surface area contributed by atoms with Crippen LogP contribution < -0.4 is 15.2 Å². The van der Waals surface area contributed by atoms with Gasteiger partial charge in [-0.2, -0.15) is 0 Å². The van der Waals surface area contributed by atoms with Crippen LogP contribution in [0.2, 0.25) is 0 Å². The first-order valence-corrected chi connectivity index (χ1v) is 7.94. The molecule has 106 valence electrons. The second-order valence-electron chi connectivity index (χ2n) is 4.89. The molecule has 0 radical (unpaired) electrons. The van der Waals surface area contributed by atoms with Crippen LogP contribution in [0.15, 0.2) is 23.1 Å². The molecule has 3 N–H and O–H groups in total. The molecule has 1 saturated carbocycles. The number of anilines is 1. The highest BCUT2D eigenvalue weighted by Gasteiger charge is 2.21. The summed E-state index contributed by atoms with van der Waals surface area (Å²) in [5.74, 6) is 1.36. The van der Waals surface area contributed by atoms with Crippen LogP contribution in [0.3, 0.4) is 0 Å². The van der Waals surface area contributed by atoms with Crippen LogP contribution in [0.5, 0.6) is 5.75 Å². The molecule has 5 nitrogen and oxygen atoms in total. The lowest BCUT2D eigenvalue weighted by Crippen LogP contribution is -2.25. The molecule has 19 heavy (non-hydrogen) atoms. The minimum Gasteiger partial charge on any atom is -0.497 e. The van der Waals surface area contributed by atoms with Crippen LogP contribution in [0.1, 0.15) is 25.7 Å².